The molecular weight excluding hydrogens is 230 g/mol. The van der Waals surface area contributed by atoms with Crippen LogP contribution in [0.25, 0.3) is 0 Å². The number of carbonyl (C=O) groups is 1. The third kappa shape index (κ3) is 3.37. The molecule has 0 aromatic heterocycles. The average Bonchev–Trinajstić information content (AvgIpc) is 2.34. The monoisotopic (exact) mass is 255 g/mol. The van der Waals surface area contributed by atoms with Crippen molar-refractivity contribution in [3.05, 3.63) is 0 Å². The quantitative estimate of drug-likeness (QED) is 0.281. The fourth-order valence-electron chi connectivity index (χ4n) is 2.50. The second kappa shape index (κ2) is 6.61. The number of amides is 1. The Labute approximate surface area is 109 Å². The van der Waals surface area contributed by atoms with Crippen LogP contribution in [0.1, 0.15) is 52.4 Å². The zero-order valence-corrected chi connectivity index (χ0v) is 11.4. The van der Waals surface area contributed by atoms with Crippen LogP contribution in [0.5, 0.6) is 0 Å². The minimum atomic E-state index is -0.506. The van der Waals surface area contributed by atoms with Gasteiger partial charge in [0.1, 0.15) is 0 Å². The molecule has 104 valence electrons. The van der Waals surface area contributed by atoms with Crippen molar-refractivity contribution in [3.63, 3.8) is 0 Å². The van der Waals surface area contributed by atoms with Gasteiger partial charge >= 0.3 is 0 Å². The van der Waals surface area contributed by atoms with Gasteiger partial charge in [-0.3, -0.25) is 4.79 Å². The van der Waals surface area contributed by atoms with Crippen LogP contribution in [-0.4, -0.2) is 23.5 Å². The van der Waals surface area contributed by atoms with Crippen molar-refractivity contribution < 1.29 is 10.0 Å². The van der Waals surface area contributed by atoms with Crippen molar-refractivity contribution in [3.8, 4) is 0 Å². The normalized spacial score (nSPS) is 20.0. The van der Waals surface area contributed by atoms with Crippen molar-refractivity contribution in [2.75, 3.05) is 6.54 Å². The lowest BCUT2D eigenvalue weighted by molar-refractivity contribution is -0.124. The van der Waals surface area contributed by atoms with Gasteiger partial charge < -0.3 is 16.3 Å². The summed E-state index contributed by atoms with van der Waals surface area (Å²) in [5, 5.41) is 14.6. The van der Waals surface area contributed by atoms with E-state index in [-0.39, 0.29) is 17.2 Å². The number of hydrogen-bond acceptors (Lipinski definition) is 3. The molecule has 1 unspecified atom stereocenters. The number of nitrogens with two attached hydrogens (primary N) is 1. The summed E-state index contributed by atoms with van der Waals surface area (Å²) in [7, 11) is 0. The van der Waals surface area contributed by atoms with E-state index in [1.165, 1.54) is 19.3 Å². The summed E-state index contributed by atoms with van der Waals surface area (Å²) in [6, 6.07) is 0. The largest absolute Gasteiger partial charge is 0.409 e. The van der Waals surface area contributed by atoms with Gasteiger partial charge in [-0.1, -0.05) is 31.8 Å². The summed E-state index contributed by atoms with van der Waals surface area (Å²) in [6.07, 6.45) is 6.16. The smallest absolute Gasteiger partial charge is 0.230 e. The lowest BCUT2D eigenvalue weighted by Crippen LogP contribution is -2.46. The fraction of sp³-hybridized carbons (Fsp3) is 0.846. The molecule has 0 radical (unpaired) electrons. The summed E-state index contributed by atoms with van der Waals surface area (Å²) in [5.74, 6) is -0.616. The van der Waals surface area contributed by atoms with Crippen molar-refractivity contribution in [2.24, 2.45) is 22.2 Å². The van der Waals surface area contributed by atoms with Gasteiger partial charge in [0, 0.05) is 6.54 Å². The molecule has 1 rings (SSSR count). The minimum absolute atomic E-state index is 0.00788. The van der Waals surface area contributed by atoms with Gasteiger partial charge in [-0.05, 0) is 31.1 Å². The predicted octanol–water partition coefficient (Wildman–Crippen LogP) is 1.85. The van der Waals surface area contributed by atoms with E-state index in [1.54, 1.807) is 0 Å². The van der Waals surface area contributed by atoms with Gasteiger partial charge in [0.2, 0.25) is 5.91 Å². The Balaban J connectivity index is 2.51. The maximum Gasteiger partial charge on any atom is 0.230 e. The molecule has 1 aliphatic carbocycles. The molecule has 4 N–H and O–H groups in total. The lowest BCUT2D eigenvalue weighted by Gasteiger charge is -2.41. The van der Waals surface area contributed by atoms with E-state index in [2.05, 4.69) is 17.4 Å². The van der Waals surface area contributed by atoms with E-state index >= 15 is 0 Å². The Hall–Kier alpha value is -1.26. The van der Waals surface area contributed by atoms with Crippen LogP contribution < -0.4 is 11.1 Å². The highest BCUT2D eigenvalue weighted by molar-refractivity contribution is 6.02. The first-order chi connectivity index (χ1) is 8.58. The zero-order chi connectivity index (χ0) is 13.6. The highest BCUT2D eigenvalue weighted by Crippen LogP contribution is 2.43. The van der Waals surface area contributed by atoms with E-state index in [0.29, 0.717) is 13.0 Å². The molecule has 0 heterocycles. The molecule has 0 saturated heterocycles. The molecule has 1 saturated carbocycles. The molecule has 1 atom stereocenters. The van der Waals surface area contributed by atoms with Crippen LogP contribution in [-0.2, 0) is 4.79 Å². The molecule has 18 heavy (non-hydrogen) atoms. The summed E-state index contributed by atoms with van der Waals surface area (Å²) in [6.45, 7) is 4.85. The van der Waals surface area contributed by atoms with Crippen LogP contribution in [0, 0.1) is 11.3 Å². The first kappa shape index (κ1) is 14.8. The van der Waals surface area contributed by atoms with Crippen LogP contribution in [0.15, 0.2) is 5.16 Å². The van der Waals surface area contributed by atoms with Crippen LogP contribution in [0.2, 0.25) is 0 Å². The minimum Gasteiger partial charge on any atom is -0.409 e. The summed E-state index contributed by atoms with van der Waals surface area (Å²) in [5.41, 5.74) is 5.85. The lowest BCUT2D eigenvalue weighted by atomic mass is 9.67. The second-order valence-electron chi connectivity index (χ2n) is 5.29. The van der Waals surface area contributed by atoms with Crippen molar-refractivity contribution in [1.29, 1.82) is 0 Å². The molecular formula is C13H25N3O2. The van der Waals surface area contributed by atoms with Gasteiger partial charge in [-0.2, -0.15) is 0 Å². The van der Waals surface area contributed by atoms with E-state index < -0.39 is 5.92 Å². The Morgan fingerprint density at radius 1 is 1.50 bits per heavy atom. The number of rotatable bonds is 7. The molecule has 0 spiro atoms. The Bertz CT molecular complexity index is 306. The Morgan fingerprint density at radius 2 is 2.17 bits per heavy atom. The fourth-order valence-corrected chi connectivity index (χ4v) is 2.50. The highest BCUT2D eigenvalue weighted by Gasteiger charge is 2.36. The molecule has 0 aliphatic heterocycles. The molecule has 0 aromatic carbocycles. The van der Waals surface area contributed by atoms with E-state index in [9.17, 15) is 4.79 Å². The first-order valence-electron chi connectivity index (χ1n) is 6.83. The summed E-state index contributed by atoms with van der Waals surface area (Å²) < 4.78 is 0. The van der Waals surface area contributed by atoms with Gasteiger partial charge in [0.25, 0.3) is 0 Å². The molecule has 1 aliphatic rings. The molecule has 0 bridgehead atoms. The van der Waals surface area contributed by atoms with E-state index in [1.807, 2.05) is 6.92 Å². The van der Waals surface area contributed by atoms with Gasteiger partial charge in [-0.25, -0.2) is 0 Å². The second-order valence-corrected chi connectivity index (χ2v) is 5.29. The molecule has 5 heteroatoms. The van der Waals surface area contributed by atoms with Crippen LogP contribution >= 0.6 is 0 Å². The Morgan fingerprint density at radius 3 is 2.56 bits per heavy atom. The number of carbonyl (C=O) groups excluding carboxylic acids is 1. The van der Waals surface area contributed by atoms with Crippen molar-refractivity contribution >= 4 is 11.7 Å². The number of amidine groups is 1. The van der Waals surface area contributed by atoms with E-state index in [4.69, 9.17) is 10.9 Å². The number of hydrogen-bond donors (Lipinski definition) is 3. The molecule has 1 fully saturated rings. The maximum atomic E-state index is 12.1. The van der Waals surface area contributed by atoms with Gasteiger partial charge in [-0.15, -0.1) is 0 Å². The van der Waals surface area contributed by atoms with Gasteiger partial charge in [0.15, 0.2) is 5.84 Å². The van der Waals surface area contributed by atoms with Crippen molar-refractivity contribution in [2.45, 2.75) is 52.4 Å². The Kier molecular flexibility index (Phi) is 5.44. The van der Waals surface area contributed by atoms with Gasteiger partial charge in [0.05, 0.1) is 5.92 Å². The third-order valence-electron chi connectivity index (χ3n) is 4.17. The van der Waals surface area contributed by atoms with Crippen LogP contribution in [0.4, 0.5) is 0 Å². The highest BCUT2D eigenvalue weighted by atomic mass is 16.4. The number of nitrogens with one attached hydrogen (secondary N) is 1. The topological polar surface area (TPSA) is 87.7 Å². The summed E-state index contributed by atoms with van der Waals surface area (Å²) >= 11 is 0. The summed E-state index contributed by atoms with van der Waals surface area (Å²) in [4.78, 5) is 12.1. The predicted molar refractivity (Wildman–Crippen MR) is 71.4 cm³/mol. The SMILES string of the molecule is CCCC(C(=O)NCC1(CC)CCC1)C(N)=NO. The third-order valence-corrected chi connectivity index (χ3v) is 4.17. The molecule has 0 aromatic rings. The van der Waals surface area contributed by atoms with Crippen LogP contribution in [0.3, 0.4) is 0 Å². The zero-order valence-electron chi connectivity index (χ0n) is 11.4. The first-order valence-corrected chi connectivity index (χ1v) is 6.83. The number of oxime groups is 1. The average molecular weight is 255 g/mol. The van der Waals surface area contributed by atoms with E-state index in [0.717, 1.165) is 12.8 Å². The standard InChI is InChI=1S/C13H25N3O2/c1-3-6-10(11(14)16-18)12(17)15-9-13(4-2)7-5-8-13/h10,18H,3-9H2,1-2H3,(H2,14,16)(H,15,17). The molecule has 5 nitrogen and oxygen atoms in total. The number of nitrogens with zero attached hydrogens (tertiary/aromatic N) is 1. The van der Waals surface area contributed by atoms with Crippen molar-refractivity contribution in [1.82, 2.24) is 5.32 Å². The maximum absolute atomic E-state index is 12.1. The molecule has 1 amide bonds.